The van der Waals surface area contributed by atoms with Gasteiger partial charge in [-0.15, -0.1) is 0 Å². The van der Waals surface area contributed by atoms with E-state index in [4.69, 9.17) is 4.52 Å². The van der Waals surface area contributed by atoms with Gasteiger partial charge < -0.3 is 19.6 Å². The van der Waals surface area contributed by atoms with Crippen molar-refractivity contribution in [1.29, 1.82) is 0 Å². The number of benzene rings is 1. The number of rotatable bonds is 6. The fraction of sp³-hybridized carbons (Fsp3) is 0.414. The highest BCUT2D eigenvalue weighted by Gasteiger charge is 2.43. The summed E-state index contributed by atoms with van der Waals surface area (Å²) in [7, 11) is 0. The minimum Gasteiger partial charge on any atom is -0.368 e. The van der Waals surface area contributed by atoms with Gasteiger partial charge in [0, 0.05) is 54.7 Å². The van der Waals surface area contributed by atoms with Gasteiger partial charge in [0.25, 0.3) is 5.91 Å². The number of anilines is 2. The highest BCUT2D eigenvalue weighted by atomic mass is 19.1. The molecular weight excluding hydrogens is 513 g/mol. The maximum Gasteiger partial charge on any atom is 0.259 e. The van der Waals surface area contributed by atoms with Crippen molar-refractivity contribution in [3.8, 4) is 11.4 Å². The molecule has 10 nitrogen and oxygen atoms in total. The van der Waals surface area contributed by atoms with E-state index in [2.05, 4.69) is 32.4 Å². The Morgan fingerprint density at radius 2 is 1.98 bits per heavy atom. The molecule has 40 heavy (non-hydrogen) atoms. The average molecular weight is 544 g/mol. The zero-order valence-corrected chi connectivity index (χ0v) is 22.4. The van der Waals surface area contributed by atoms with Gasteiger partial charge >= 0.3 is 0 Å². The normalized spacial score (nSPS) is 22.5. The molecule has 7 rings (SSSR count). The monoisotopic (exact) mass is 543 g/mol. The van der Waals surface area contributed by atoms with Crippen LogP contribution in [-0.4, -0.2) is 68.3 Å². The lowest BCUT2D eigenvalue weighted by Crippen LogP contribution is -2.54. The van der Waals surface area contributed by atoms with Crippen molar-refractivity contribution >= 4 is 28.7 Å². The van der Waals surface area contributed by atoms with Gasteiger partial charge in [0.05, 0.1) is 23.2 Å². The molecule has 2 amide bonds. The summed E-state index contributed by atoms with van der Waals surface area (Å²) in [6.07, 6.45) is 4.94. The Kier molecular flexibility index (Phi) is 5.83. The molecule has 0 radical (unpaired) electrons. The van der Waals surface area contributed by atoms with E-state index < -0.39 is 6.17 Å². The van der Waals surface area contributed by atoms with E-state index in [1.54, 1.807) is 16.8 Å². The number of halogens is 1. The fourth-order valence-corrected chi connectivity index (χ4v) is 5.43. The van der Waals surface area contributed by atoms with Crippen molar-refractivity contribution in [1.82, 2.24) is 24.7 Å². The number of carbonyl (C=O) groups excluding carboxylic acids is 2. The Balaban J connectivity index is 1.09. The third-order valence-corrected chi connectivity index (χ3v) is 8.17. The number of carbonyl (C=O) groups is 2. The molecule has 1 aliphatic heterocycles. The minimum atomic E-state index is -0.919. The molecule has 2 saturated carbocycles. The quantitative estimate of drug-likeness (QED) is 0.388. The van der Waals surface area contributed by atoms with Crippen LogP contribution in [0.5, 0.6) is 0 Å². The van der Waals surface area contributed by atoms with Crippen molar-refractivity contribution in [2.45, 2.75) is 51.2 Å². The van der Waals surface area contributed by atoms with Crippen LogP contribution in [0.1, 0.15) is 53.9 Å². The van der Waals surface area contributed by atoms with Crippen LogP contribution in [-0.2, 0) is 4.79 Å². The number of hydrogen-bond acceptors (Lipinski definition) is 7. The Hall–Kier alpha value is -4.28. The third kappa shape index (κ3) is 4.48. The fourth-order valence-electron chi connectivity index (χ4n) is 5.43. The van der Waals surface area contributed by atoms with E-state index in [0.717, 1.165) is 37.2 Å². The molecule has 1 saturated heterocycles. The van der Waals surface area contributed by atoms with E-state index in [1.165, 1.54) is 0 Å². The highest BCUT2D eigenvalue weighted by Crippen LogP contribution is 2.43. The van der Waals surface area contributed by atoms with Crippen LogP contribution >= 0.6 is 0 Å². The number of nitrogens with zero attached hydrogens (tertiary/aromatic N) is 6. The highest BCUT2D eigenvalue weighted by molar-refractivity contribution is 6.09. The molecular formula is C29H30FN7O3. The zero-order chi connectivity index (χ0) is 27.5. The van der Waals surface area contributed by atoms with Gasteiger partial charge in [-0.1, -0.05) is 17.3 Å². The minimum absolute atomic E-state index is 0.124. The zero-order valence-electron chi connectivity index (χ0n) is 22.4. The summed E-state index contributed by atoms with van der Waals surface area (Å²) in [5.41, 5.74) is 4.29. The van der Waals surface area contributed by atoms with Crippen LogP contribution in [0.2, 0.25) is 0 Å². The van der Waals surface area contributed by atoms with Crippen molar-refractivity contribution in [3.05, 3.63) is 59.7 Å². The number of fused-ring (bicyclic) bond motifs is 1. The SMILES string of the molecule is Cc1ccc(-c2noc([C@H]3C[C@@H]3F)n2)cc1NC(=O)c1cnn2ccc(N3CCN(C(=O)C4CC4)[C@H](C)C3)cc12. The van der Waals surface area contributed by atoms with Gasteiger partial charge in [0.1, 0.15) is 6.17 Å². The summed E-state index contributed by atoms with van der Waals surface area (Å²) in [5, 5.41) is 11.4. The summed E-state index contributed by atoms with van der Waals surface area (Å²) in [6, 6.07) is 9.61. The van der Waals surface area contributed by atoms with Crippen LogP contribution in [0, 0.1) is 12.8 Å². The maximum atomic E-state index is 13.4. The Morgan fingerprint density at radius 1 is 1.15 bits per heavy atom. The topological polar surface area (TPSA) is 109 Å². The Labute approximate surface area is 230 Å². The number of piperazine rings is 1. The number of nitrogens with one attached hydrogen (secondary N) is 1. The predicted molar refractivity (Wildman–Crippen MR) is 146 cm³/mol. The first-order chi connectivity index (χ1) is 19.4. The smallest absolute Gasteiger partial charge is 0.259 e. The molecule has 0 unspecified atom stereocenters. The van der Waals surface area contributed by atoms with Gasteiger partial charge in [0.15, 0.2) is 0 Å². The van der Waals surface area contributed by atoms with Crippen molar-refractivity contribution in [2.75, 3.05) is 29.9 Å². The molecule has 3 aliphatic rings. The first-order valence-electron chi connectivity index (χ1n) is 13.8. The van der Waals surface area contributed by atoms with Gasteiger partial charge in [0.2, 0.25) is 17.6 Å². The molecule has 2 aliphatic carbocycles. The standard InChI is InChI=1S/C29H30FN7O3/c1-16-3-4-19(26-33-28(40-34-26)21-13-23(21)30)11-24(16)32-27(38)22-14-31-37-8-7-20(12-25(22)37)35-9-10-36(17(2)15-35)29(39)18-5-6-18/h3-4,7-8,11-12,14,17-18,21,23H,5-6,9-10,13,15H2,1-2H3,(H,32,38)/t17-,21+,23+/m1/s1. The molecule has 4 aromatic rings. The van der Waals surface area contributed by atoms with E-state index in [9.17, 15) is 14.0 Å². The number of pyridine rings is 1. The van der Waals surface area contributed by atoms with E-state index >= 15 is 0 Å². The molecule has 1 N–H and O–H groups in total. The van der Waals surface area contributed by atoms with Gasteiger partial charge in [-0.3, -0.25) is 9.59 Å². The van der Waals surface area contributed by atoms with E-state index in [-0.39, 0.29) is 29.7 Å². The van der Waals surface area contributed by atoms with Crippen LogP contribution in [0.25, 0.3) is 16.9 Å². The summed E-state index contributed by atoms with van der Waals surface area (Å²) < 4.78 is 20.3. The second-order valence-corrected chi connectivity index (χ2v) is 11.2. The lowest BCUT2D eigenvalue weighted by Gasteiger charge is -2.41. The first kappa shape index (κ1) is 24.7. The average Bonchev–Trinajstić information content (AvgIpc) is 3.83. The van der Waals surface area contributed by atoms with Gasteiger partial charge in [-0.2, -0.15) is 10.1 Å². The number of hydrogen-bond donors (Lipinski definition) is 1. The summed E-state index contributed by atoms with van der Waals surface area (Å²) in [6.45, 7) is 6.17. The van der Waals surface area contributed by atoms with Crippen LogP contribution < -0.4 is 10.2 Å². The molecule has 3 aromatic heterocycles. The van der Waals surface area contributed by atoms with Crippen LogP contribution in [0.3, 0.4) is 0 Å². The molecule has 0 bridgehead atoms. The predicted octanol–water partition coefficient (Wildman–Crippen LogP) is 4.22. The lowest BCUT2D eigenvalue weighted by molar-refractivity contribution is -0.134. The van der Waals surface area contributed by atoms with Gasteiger partial charge in [-0.25, -0.2) is 8.91 Å². The third-order valence-electron chi connectivity index (χ3n) is 8.17. The van der Waals surface area contributed by atoms with Crippen molar-refractivity contribution in [3.63, 3.8) is 0 Å². The molecule has 206 valence electrons. The number of amides is 2. The van der Waals surface area contributed by atoms with E-state index in [0.29, 0.717) is 47.0 Å². The summed E-state index contributed by atoms with van der Waals surface area (Å²) in [4.78, 5) is 34.7. The lowest BCUT2D eigenvalue weighted by atomic mass is 10.1. The Bertz CT molecular complexity index is 1630. The molecule has 3 fully saturated rings. The molecule has 4 heterocycles. The molecule has 3 atom stereocenters. The number of aryl methyl sites for hydroxylation is 1. The summed E-state index contributed by atoms with van der Waals surface area (Å²) in [5.74, 6) is 0.572. The number of aromatic nitrogens is 4. The maximum absolute atomic E-state index is 13.4. The Morgan fingerprint density at radius 3 is 2.73 bits per heavy atom. The molecule has 1 aromatic carbocycles. The molecule has 11 heteroatoms. The molecule has 0 spiro atoms. The second-order valence-electron chi connectivity index (χ2n) is 11.2. The largest absolute Gasteiger partial charge is 0.368 e. The van der Waals surface area contributed by atoms with Crippen LogP contribution in [0.15, 0.2) is 47.2 Å². The van der Waals surface area contributed by atoms with Crippen molar-refractivity contribution < 1.29 is 18.5 Å². The van der Waals surface area contributed by atoms with Crippen molar-refractivity contribution in [2.24, 2.45) is 5.92 Å². The summed E-state index contributed by atoms with van der Waals surface area (Å²) >= 11 is 0. The number of alkyl halides is 1. The first-order valence-corrected chi connectivity index (χ1v) is 13.8. The van der Waals surface area contributed by atoms with Crippen LogP contribution in [0.4, 0.5) is 15.8 Å². The second kappa shape index (κ2) is 9.42. The van der Waals surface area contributed by atoms with Gasteiger partial charge in [-0.05, 0) is 56.9 Å². The van der Waals surface area contributed by atoms with E-state index in [1.807, 2.05) is 42.3 Å².